The second-order valence-corrected chi connectivity index (χ2v) is 7.35. The molecular weight excluding hydrogens is 368 g/mol. The van der Waals surface area contributed by atoms with Crippen molar-refractivity contribution in [2.45, 2.75) is 25.9 Å². The third-order valence-corrected chi connectivity index (χ3v) is 5.18. The maximum atomic E-state index is 12.3. The van der Waals surface area contributed by atoms with E-state index in [-0.39, 0.29) is 11.7 Å². The van der Waals surface area contributed by atoms with Crippen molar-refractivity contribution in [1.82, 2.24) is 14.8 Å². The molecule has 2 aromatic carbocycles. The Kier molecular flexibility index (Phi) is 5.64. The minimum Gasteiger partial charge on any atom is -0.325 e. The second-order valence-electron chi connectivity index (χ2n) is 6.01. The zero-order valence-corrected chi connectivity index (χ0v) is 16.4. The van der Waals surface area contributed by atoms with Crippen LogP contribution in [0.5, 0.6) is 0 Å². The van der Waals surface area contributed by atoms with Gasteiger partial charge in [-0.2, -0.15) is 0 Å². The van der Waals surface area contributed by atoms with Crippen LogP contribution in [-0.4, -0.2) is 26.4 Å². The number of carbonyl (C=O) groups excluding carboxylic acids is 1. The molecule has 0 aliphatic carbocycles. The van der Waals surface area contributed by atoms with E-state index in [4.69, 9.17) is 11.6 Å². The topological polar surface area (TPSA) is 59.8 Å². The normalized spacial score (nSPS) is 10.8. The van der Waals surface area contributed by atoms with E-state index in [1.54, 1.807) is 6.07 Å². The van der Waals surface area contributed by atoms with Gasteiger partial charge in [-0.3, -0.25) is 9.36 Å². The number of aromatic nitrogens is 3. The fourth-order valence-electron chi connectivity index (χ4n) is 2.50. The molecule has 1 aromatic heterocycles. The van der Waals surface area contributed by atoms with Gasteiger partial charge < -0.3 is 5.32 Å². The number of nitrogens with one attached hydrogen (secondary N) is 1. The Morgan fingerprint density at radius 1 is 1.15 bits per heavy atom. The van der Waals surface area contributed by atoms with Gasteiger partial charge >= 0.3 is 0 Å². The number of carbonyl (C=O) groups is 1. The highest BCUT2D eigenvalue weighted by atomic mass is 35.5. The van der Waals surface area contributed by atoms with Crippen LogP contribution in [0, 0.1) is 20.8 Å². The number of halogens is 1. The Morgan fingerprint density at radius 3 is 2.69 bits per heavy atom. The van der Waals surface area contributed by atoms with Crippen molar-refractivity contribution in [3.63, 3.8) is 0 Å². The zero-order valence-electron chi connectivity index (χ0n) is 14.8. The van der Waals surface area contributed by atoms with Gasteiger partial charge in [-0.25, -0.2) is 0 Å². The molecule has 0 atom stereocenters. The predicted molar refractivity (Wildman–Crippen MR) is 106 cm³/mol. The Bertz CT molecular complexity index is 954. The highest BCUT2D eigenvalue weighted by molar-refractivity contribution is 7.99. The maximum Gasteiger partial charge on any atom is 0.234 e. The Labute approximate surface area is 161 Å². The quantitative estimate of drug-likeness (QED) is 0.652. The maximum absolute atomic E-state index is 12.3. The first-order chi connectivity index (χ1) is 12.4. The third kappa shape index (κ3) is 4.26. The van der Waals surface area contributed by atoms with Crippen molar-refractivity contribution in [2.75, 3.05) is 11.1 Å². The molecule has 7 heteroatoms. The van der Waals surface area contributed by atoms with Crippen LogP contribution in [0.15, 0.2) is 47.6 Å². The number of hydrogen-bond donors (Lipinski definition) is 1. The van der Waals surface area contributed by atoms with Crippen molar-refractivity contribution in [2.24, 2.45) is 0 Å². The molecule has 0 saturated carbocycles. The van der Waals surface area contributed by atoms with Gasteiger partial charge in [0.05, 0.1) is 5.75 Å². The molecule has 0 saturated heterocycles. The molecule has 0 aliphatic heterocycles. The molecule has 0 fully saturated rings. The van der Waals surface area contributed by atoms with Crippen LogP contribution >= 0.6 is 23.4 Å². The molecule has 3 aromatic rings. The van der Waals surface area contributed by atoms with Gasteiger partial charge in [0.25, 0.3) is 0 Å². The van der Waals surface area contributed by atoms with Crippen LogP contribution in [0.3, 0.4) is 0 Å². The largest absolute Gasteiger partial charge is 0.325 e. The van der Waals surface area contributed by atoms with Crippen LogP contribution in [0.2, 0.25) is 5.02 Å². The first kappa shape index (κ1) is 18.5. The number of aryl methyl sites for hydroxylation is 3. The van der Waals surface area contributed by atoms with E-state index in [1.165, 1.54) is 11.8 Å². The number of amides is 1. The van der Waals surface area contributed by atoms with Gasteiger partial charge in [0, 0.05) is 16.4 Å². The lowest BCUT2D eigenvalue weighted by Crippen LogP contribution is -2.14. The number of hydrogen-bond acceptors (Lipinski definition) is 4. The second kappa shape index (κ2) is 7.93. The lowest BCUT2D eigenvalue weighted by Gasteiger charge is -2.10. The Hall–Kier alpha value is -2.31. The van der Waals surface area contributed by atoms with Crippen LogP contribution in [0.25, 0.3) is 5.69 Å². The summed E-state index contributed by atoms with van der Waals surface area (Å²) in [5, 5.41) is 12.5. The van der Waals surface area contributed by atoms with Gasteiger partial charge in [-0.1, -0.05) is 41.6 Å². The van der Waals surface area contributed by atoms with E-state index < -0.39 is 0 Å². The number of anilines is 1. The number of nitrogens with zero attached hydrogens (tertiary/aromatic N) is 3. The summed E-state index contributed by atoms with van der Waals surface area (Å²) >= 11 is 7.44. The molecule has 1 N–H and O–H groups in total. The summed E-state index contributed by atoms with van der Waals surface area (Å²) in [4.78, 5) is 12.3. The number of benzene rings is 2. The molecule has 1 amide bonds. The SMILES string of the molecule is Cc1cccc(-n2c(C)nnc2SCC(=O)Nc2ccc(C)c(Cl)c2)c1. The van der Waals surface area contributed by atoms with E-state index in [9.17, 15) is 4.79 Å². The summed E-state index contributed by atoms with van der Waals surface area (Å²) in [7, 11) is 0. The summed E-state index contributed by atoms with van der Waals surface area (Å²) < 4.78 is 1.95. The van der Waals surface area contributed by atoms with Gasteiger partial charge in [-0.05, 0) is 56.2 Å². The van der Waals surface area contributed by atoms with Crippen molar-refractivity contribution in [3.8, 4) is 5.69 Å². The molecule has 0 aliphatic rings. The van der Waals surface area contributed by atoms with Crippen LogP contribution in [0.4, 0.5) is 5.69 Å². The zero-order chi connectivity index (χ0) is 18.7. The fraction of sp³-hybridized carbons (Fsp3) is 0.211. The number of thioether (sulfide) groups is 1. The summed E-state index contributed by atoms with van der Waals surface area (Å²) in [5.74, 6) is 0.894. The molecular formula is C19H19ClN4OS. The van der Waals surface area contributed by atoms with Crippen molar-refractivity contribution in [1.29, 1.82) is 0 Å². The molecule has 0 radical (unpaired) electrons. The van der Waals surface area contributed by atoms with Crippen molar-refractivity contribution < 1.29 is 4.79 Å². The van der Waals surface area contributed by atoms with Gasteiger partial charge in [0.2, 0.25) is 5.91 Å². The molecule has 0 bridgehead atoms. The molecule has 134 valence electrons. The highest BCUT2D eigenvalue weighted by Crippen LogP contribution is 2.23. The summed E-state index contributed by atoms with van der Waals surface area (Å²) in [6.07, 6.45) is 0. The minimum atomic E-state index is -0.119. The number of rotatable bonds is 5. The van der Waals surface area contributed by atoms with E-state index in [1.807, 2.05) is 55.7 Å². The Balaban J connectivity index is 1.70. The summed E-state index contributed by atoms with van der Waals surface area (Å²) in [6, 6.07) is 13.6. The highest BCUT2D eigenvalue weighted by Gasteiger charge is 2.14. The monoisotopic (exact) mass is 386 g/mol. The standard InChI is InChI=1S/C19H19ClN4OS/c1-12-5-4-6-16(9-12)24-14(3)22-23-19(24)26-11-18(25)21-15-8-7-13(2)17(20)10-15/h4-10H,11H2,1-3H3,(H,21,25). The lowest BCUT2D eigenvalue weighted by atomic mass is 10.2. The van der Waals surface area contributed by atoms with Crippen LogP contribution < -0.4 is 5.32 Å². The molecule has 0 spiro atoms. The molecule has 5 nitrogen and oxygen atoms in total. The molecule has 26 heavy (non-hydrogen) atoms. The lowest BCUT2D eigenvalue weighted by molar-refractivity contribution is -0.113. The smallest absolute Gasteiger partial charge is 0.234 e. The van der Waals surface area contributed by atoms with E-state index in [2.05, 4.69) is 21.6 Å². The van der Waals surface area contributed by atoms with Crippen molar-refractivity contribution >= 4 is 35.0 Å². The molecule has 0 unspecified atom stereocenters. The van der Waals surface area contributed by atoms with E-state index in [0.29, 0.717) is 15.9 Å². The molecule has 1 heterocycles. The molecule has 3 rings (SSSR count). The van der Waals surface area contributed by atoms with Crippen molar-refractivity contribution in [3.05, 3.63) is 64.4 Å². The third-order valence-electron chi connectivity index (χ3n) is 3.84. The summed E-state index contributed by atoms with van der Waals surface area (Å²) in [5.41, 5.74) is 3.80. The van der Waals surface area contributed by atoms with Crippen LogP contribution in [-0.2, 0) is 4.79 Å². The predicted octanol–water partition coefficient (Wildman–Crippen LogP) is 4.58. The van der Waals surface area contributed by atoms with Gasteiger partial charge in [0.1, 0.15) is 5.82 Å². The summed E-state index contributed by atoms with van der Waals surface area (Å²) in [6.45, 7) is 5.86. The first-order valence-electron chi connectivity index (χ1n) is 8.12. The van der Waals surface area contributed by atoms with Crippen LogP contribution in [0.1, 0.15) is 17.0 Å². The Morgan fingerprint density at radius 2 is 1.96 bits per heavy atom. The van der Waals surface area contributed by atoms with Gasteiger partial charge in [-0.15, -0.1) is 10.2 Å². The average Bonchev–Trinajstić information content (AvgIpc) is 2.97. The fourth-order valence-corrected chi connectivity index (χ4v) is 3.48. The average molecular weight is 387 g/mol. The minimum absolute atomic E-state index is 0.119. The first-order valence-corrected chi connectivity index (χ1v) is 9.48. The van der Waals surface area contributed by atoms with Gasteiger partial charge in [0.15, 0.2) is 5.16 Å². The van der Waals surface area contributed by atoms with E-state index in [0.717, 1.165) is 22.6 Å². The van der Waals surface area contributed by atoms with E-state index >= 15 is 0 Å².